The van der Waals surface area contributed by atoms with E-state index in [4.69, 9.17) is 14.2 Å². The molecule has 0 bridgehead atoms. The molecule has 1 unspecified atom stereocenters. The quantitative estimate of drug-likeness (QED) is 0.842. The molecule has 124 valence electrons. The summed E-state index contributed by atoms with van der Waals surface area (Å²) in [5.41, 5.74) is 3.62. The first-order chi connectivity index (χ1) is 11.1. The lowest BCUT2D eigenvalue weighted by Crippen LogP contribution is -2.19. The van der Waals surface area contributed by atoms with Crippen LogP contribution in [0.5, 0.6) is 17.2 Å². The summed E-state index contributed by atoms with van der Waals surface area (Å²) < 4.78 is 16.3. The Kier molecular flexibility index (Phi) is 5.88. The second-order valence-corrected chi connectivity index (χ2v) is 5.45. The lowest BCUT2D eigenvalue weighted by atomic mass is 10.0. The van der Waals surface area contributed by atoms with E-state index in [1.807, 2.05) is 12.1 Å². The van der Waals surface area contributed by atoms with Gasteiger partial charge in [0.1, 0.15) is 0 Å². The lowest BCUT2D eigenvalue weighted by molar-refractivity contribution is 0.321. The zero-order chi connectivity index (χ0) is 16.8. The van der Waals surface area contributed by atoms with Crippen molar-refractivity contribution in [1.29, 1.82) is 0 Å². The summed E-state index contributed by atoms with van der Waals surface area (Å²) in [6, 6.07) is 12.5. The van der Waals surface area contributed by atoms with Gasteiger partial charge in [-0.1, -0.05) is 30.3 Å². The lowest BCUT2D eigenvalue weighted by Gasteiger charge is -2.19. The molecule has 0 saturated carbocycles. The van der Waals surface area contributed by atoms with Crippen molar-refractivity contribution in [3.8, 4) is 17.2 Å². The van der Waals surface area contributed by atoms with Gasteiger partial charge in [-0.3, -0.25) is 0 Å². The molecule has 0 spiro atoms. The van der Waals surface area contributed by atoms with Crippen LogP contribution in [0.2, 0.25) is 0 Å². The third-order valence-electron chi connectivity index (χ3n) is 4.04. The Labute approximate surface area is 138 Å². The summed E-state index contributed by atoms with van der Waals surface area (Å²) in [5.74, 6) is 1.99. The summed E-state index contributed by atoms with van der Waals surface area (Å²) in [6.45, 7) is 4.97. The van der Waals surface area contributed by atoms with Gasteiger partial charge in [-0.05, 0) is 31.0 Å². The third-order valence-corrected chi connectivity index (χ3v) is 4.04. The number of aryl methyl sites for hydroxylation is 1. The number of benzene rings is 2. The molecule has 1 N–H and O–H groups in total. The molecule has 2 aromatic rings. The van der Waals surface area contributed by atoms with Gasteiger partial charge in [-0.25, -0.2) is 0 Å². The summed E-state index contributed by atoms with van der Waals surface area (Å²) in [4.78, 5) is 0. The maximum absolute atomic E-state index is 5.53. The molecule has 0 aromatic heterocycles. The first-order valence-corrected chi connectivity index (χ1v) is 7.69. The van der Waals surface area contributed by atoms with E-state index in [9.17, 15) is 0 Å². The first kappa shape index (κ1) is 17.2. The minimum Gasteiger partial charge on any atom is -0.493 e. The molecule has 0 heterocycles. The fourth-order valence-electron chi connectivity index (χ4n) is 2.75. The zero-order valence-corrected chi connectivity index (χ0v) is 14.5. The average molecular weight is 315 g/mol. The number of hydrogen-bond acceptors (Lipinski definition) is 4. The Morgan fingerprint density at radius 3 is 2.22 bits per heavy atom. The van der Waals surface area contributed by atoms with Crippen LogP contribution >= 0.6 is 0 Å². The topological polar surface area (TPSA) is 39.7 Å². The predicted octanol–water partition coefficient (Wildman–Crippen LogP) is 3.87. The second-order valence-electron chi connectivity index (χ2n) is 5.45. The molecule has 2 rings (SSSR count). The SMILES string of the molecule is COc1ccc(CNC(C)c2ccccc2C)c(OC)c1OC. The largest absolute Gasteiger partial charge is 0.493 e. The normalized spacial score (nSPS) is 11.9. The van der Waals surface area contributed by atoms with Crippen molar-refractivity contribution in [2.45, 2.75) is 26.4 Å². The molecular weight excluding hydrogens is 290 g/mol. The number of rotatable bonds is 7. The van der Waals surface area contributed by atoms with Gasteiger partial charge in [-0.2, -0.15) is 0 Å². The van der Waals surface area contributed by atoms with Crippen LogP contribution in [-0.4, -0.2) is 21.3 Å². The fraction of sp³-hybridized carbons (Fsp3) is 0.368. The highest BCUT2D eigenvalue weighted by molar-refractivity contribution is 5.55. The summed E-state index contributed by atoms with van der Waals surface area (Å²) >= 11 is 0. The zero-order valence-electron chi connectivity index (χ0n) is 14.5. The van der Waals surface area contributed by atoms with Gasteiger partial charge in [-0.15, -0.1) is 0 Å². The van der Waals surface area contributed by atoms with Gasteiger partial charge in [0.05, 0.1) is 21.3 Å². The smallest absolute Gasteiger partial charge is 0.203 e. The minimum absolute atomic E-state index is 0.244. The average Bonchev–Trinajstić information content (AvgIpc) is 2.58. The van der Waals surface area contributed by atoms with Crippen molar-refractivity contribution in [1.82, 2.24) is 5.32 Å². The maximum atomic E-state index is 5.53. The van der Waals surface area contributed by atoms with Crippen molar-refractivity contribution in [2.24, 2.45) is 0 Å². The van der Waals surface area contributed by atoms with Crippen LogP contribution in [0, 0.1) is 6.92 Å². The molecule has 0 aliphatic heterocycles. The predicted molar refractivity (Wildman–Crippen MR) is 92.5 cm³/mol. The molecule has 0 fully saturated rings. The first-order valence-electron chi connectivity index (χ1n) is 7.69. The Balaban J connectivity index is 2.19. The van der Waals surface area contributed by atoms with Crippen LogP contribution in [0.3, 0.4) is 0 Å². The van der Waals surface area contributed by atoms with E-state index in [-0.39, 0.29) is 6.04 Å². The van der Waals surface area contributed by atoms with Gasteiger partial charge in [0.2, 0.25) is 5.75 Å². The van der Waals surface area contributed by atoms with Crippen molar-refractivity contribution < 1.29 is 14.2 Å². The van der Waals surface area contributed by atoms with Crippen LogP contribution < -0.4 is 19.5 Å². The molecule has 23 heavy (non-hydrogen) atoms. The van der Waals surface area contributed by atoms with Crippen LogP contribution in [0.1, 0.15) is 29.7 Å². The highest BCUT2D eigenvalue weighted by Crippen LogP contribution is 2.39. The Morgan fingerprint density at radius 2 is 1.61 bits per heavy atom. The highest BCUT2D eigenvalue weighted by Gasteiger charge is 2.16. The fourth-order valence-corrected chi connectivity index (χ4v) is 2.75. The number of hydrogen-bond donors (Lipinski definition) is 1. The number of ether oxygens (including phenoxy) is 3. The van der Waals surface area contributed by atoms with E-state index >= 15 is 0 Å². The molecule has 4 heteroatoms. The van der Waals surface area contributed by atoms with Crippen LogP contribution in [0.25, 0.3) is 0 Å². The van der Waals surface area contributed by atoms with Crippen molar-refractivity contribution in [3.05, 3.63) is 53.1 Å². The Hall–Kier alpha value is -2.20. The number of nitrogens with one attached hydrogen (secondary N) is 1. The molecule has 0 aliphatic rings. The summed E-state index contributed by atoms with van der Waals surface area (Å²) in [6.07, 6.45) is 0. The van der Waals surface area contributed by atoms with Gasteiger partial charge in [0.25, 0.3) is 0 Å². The molecule has 1 atom stereocenters. The van der Waals surface area contributed by atoms with Crippen molar-refractivity contribution in [3.63, 3.8) is 0 Å². The number of methoxy groups -OCH3 is 3. The van der Waals surface area contributed by atoms with E-state index in [1.54, 1.807) is 21.3 Å². The van der Waals surface area contributed by atoms with Gasteiger partial charge in [0.15, 0.2) is 11.5 Å². The monoisotopic (exact) mass is 315 g/mol. The van der Waals surface area contributed by atoms with Crippen LogP contribution in [0.4, 0.5) is 0 Å². The summed E-state index contributed by atoms with van der Waals surface area (Å²) in [7, 11) is 4.88. The van der Waals surface area contributed by atoms with Crippen molar-refractivity contribution in [2.75, 3.05) is 21.3 Å². The minimum atomic E-state index is 0.244. The van der Waals surface area contributed by atoms with Gasteiger partial charge in [0, 0.05) is 18.2 Å². The van der Waals surface area contributed by atoms with Gasteiger partial charge >= 0.3 is 0 Å². The maximum Gasteiger partial charge on any atom is 0.203 e. The molecule has 0 saturated heterocycles. The third kappa shape index (κ3) is 3.77. The standard InChI is InChI=1S/C19H25NO3/c1-13-8-6-7-9-16(13)14(2)20-12-15-10-11-17(21-3)19(23-5)18(15)22-4/h6-11,14,20H,12H2,1-5H3. The van der Waals surface area contributed by atoms with E-state index < -0.39 is 0 Å². The molecule has 0 aliphatic carbocycles. The van der Waals surface area contributed by atoms with E-state index in [0.717, 1.165) is 5.56 Å². The van der Waals surface area contributed by atoms with Crippen molar-refractivity contribution >= 4 is 0 Å². The molecule has 4 nitrogen and oxygen atoms in total. The van der Waals surface area contributed by atoms with E-state index in [1.165, 1.54) is 11.1 Å². The second kappa shape index (κ2) is 7.88. The molecule has 0 radical (unpaired) electrons. The Morgan fingerprint density at radius 1 is 0.913 bits per heavy atom. The molecule has 0 amide bonds. The van der Waals surface area contributed by atoms with E-state index in [0.29, 0.717) is 23.8 Å². The molecular formula is C19H25NO3. The van der Waals surface area contributed by atoms with E-state index in [2.05, 4.69) is 43.4 Å². The summed E-state index contributed by atoms with van der Waals surface area (Å²) in [5, 5.41) is 3.54. The molecule has 2 aromatic carbocycles. The van der Waals surface area contributed by atoms with Gasteiger partial charge < -0.3 is 19.5 Å². The van der Waals surface area contributed by atoms with Crippen LogP contribution in [0.15, 0.2) is 36.4 Å². The highest BCUT2D eigenvalue weighted by atomic mass is 16.5. The Bertz CT molecular complexity index is 655. The van der Waals surface area contributed by atoms with Crippen LogP contribution in [-0.2, 0) is 6.54 Å².